The van der Waals surface area contributed by atoms with Gasteiger partial charge in [0.2, 0.25) is 11.7 Å². The fourth-order valence-electron chi connectivity index (χ4n) is 2.27. The van der Waals surface area contributed by atoms with Crippen molar-refractivity contribution in [2.24, 2.45) is 0 Å². The molecule has 0 aliphatic rings. The van der Waals surface area contributed by atoms with E-state index >= 15 is 0 Å². The summed E-state index contributed by atoms with van der Waals surface area (Å²) in [6, 6.07) is 7.43. The minimum Gasteiger partial charge on any atom is -0.493 e. The maximum Gasteiger partial charge on any atom is 0.227 e. The van der Waals surface area contributed by atoms with Crippen molar-refractivity contribution in [2.75, 3.05) is 14.2 Å². The van der Waals surface area contributed by atoms with Gasteiger partial charge in [-0.3, -0.25) is 4.68 Å². The second kappa shape index (κ2) is 6.95. The van der Waals surface area contributed by atoms with Crippen LogP contribution in [0.2, 0.25) is 0 Å². The molecule has 0 saturated carbocycles. The van der Waals surface area contributed by atoms with Gasteiger partial charge in [0.25, 0.3) is 0 Å². The molecule has 0 saturated heterocycles. The van der Waals surface area contributed by atoms with E-state index in [0.717, 1.165) is 18.5 Å². The van der Waals surface area contributed by atoms with Crippen LogP contribution in [0.5, 0.6) is 11.5 Å². The van der Waals surface area contributed by atoms with E-state index in [4.69, 9.17) is 14.0 Å². The number of rotatable bonds is 7. The third kappa shape index (κ3) is 3.50. The molecule has 0 amide bonds. The van der Waals surface area contributed by atoms with Crippen molar-refractivity contribution in [1.82, 2.24) is 19.9 Å². The molecule has 120 valence electrons. The maximum absolute atomic E-state index is 5.31. The van der Waals surface area contributed by atoms with Crippen LogP contribution in [0, 0.1) is 0 Å². The average molecular weight is 314 g/mol. The van der Waals surface area contributed by atoms with Gasteiger partial charge in [-0.2, -0.15) is 10.1 Å². The molecule has 0 radical (unpaired) electrons. The summed E-state index contributed by atoms with van der Waals surface area (Å²) in [5.41, 5.74) is 0.824. The number of hydrogen-bond donors (Lipinski definition) is 0. The van der Waals surface area contributed by atoms with Crippen LogP contribution in [0.3, 0.4) is 0 Å². The van der Waals surface area contributed by atoms with Crippen LogP contribution in [0.15, 0.2) is 41.2 Å². The molecule has 23 heavy (non-hydrogen) atoms. The zero-order valence-electron chi connectivity index (χ0n) is 13.1. The summed E-state index contributed by atoms with van der Waals surface area (Å²) in [5.74, 6) is 2.45. The van der Waals surface area contributed by atoms with Crippen molar-refractivity contribution in [2.45, 2.75) is 19.4 Å². The Morgan fingerprint density at radius 1 is 1.17 bits per heavy atom. The van der Waals surface area contributed by atoms with Crippen LogP contribution in [0.25, 0.3) is 11.4 Å². The van der Waals surface area contributed by atoms with Gasteiger partial charge in [0.05, 0.1) is 14.2 Å². The van der Waals surface area contributed by atoms with E-state index in [9.17, 15) is 0 Å². The first-order valence-electron chi connectivity index (χ1n) is 7.32. The van der Waals surface area contributed by atoms with Gasteiger partial charge < -0.3 is 14.0 Å². The average Bonchev–Trinajstić information content (AvgIpc) is 3.26. The number of aromatic nitrogens is 4. The van der Waals surface area contributed by atoms with Crippen molar-refractivity contribution in [3.05, 3.63) is 42.5 Å². The molecular formula is C16H18N4O3. The zero-order chi connectivity index (χ0) is 16.1. The normalized spacial score (nSPS) is 10.7. The Bertz CT molecular complexity index is 753. The van der Waals surface area contributed by atoms with Gasteiger partial charge in [-0.15, -0.1) is 0 Å². The van der Waals surface area contributed by atoms with Crippen LogP contribution in [0.4, 0.5) is 0 Å². The lowest BCUT2D eigenvalue weighted by Crippen LogP contribution is -1.99. The summed E-state index contributed by atoms with van der Waals surface area (Å²) in [6.07, 6.45) is 5.29. The van der Waals surface area contributed by atoms with Crippen molar-refractivity contribution in [3.63, 3.8) is 0 Å². The number of benzene rings is 1. The molecular weight excluding hydrogens is 296 g/mol. The number of aryl methyl sites for hydroxylation is 2. The maximum atomic E-state index is 5.31. The van der Waals surface area contributed by atoms with Gasteiger partial charge in [0.15, 0.2) is 11.5 Å². The monoisotopic (exact) mass is 314 g/mol. The van der Waals surface area contributed by atoms with E-state index in [1.807, 2.05) is 35.1 Å². The van der Waals surface area contributed by atoms with Crippen molar-refractivity contribution in [1.29, 1.82) is 0 Å². The summed E-state index contributed by atoms with van der Waals surface area (Å²) >= 11 is 0. The van der Waals surface area contributed by atoms with E-state index in [2.05, 4.69) is 15.2 Å². The topological polar surface area (TPSA) is 75.2 Å². The van der Waals surface area contributed by atoms with E-state index in [1.54, 1.807) is 20.4 Å². The predicted molar refractivity (Wildman–Crippen MR) is 83.4 cm³/mol. The Hall–Kier alpha value is -2.83. The SMILES string of the molecule is COc1ccc(-c2noc(CCCn3cccn3)n2)cc1OC. The first kappa shape index (κ1) is 15.1. The highest BCUT2D eigenvalue weighted by atomic mass is 16.5. The first-order chi connectivity index (χ1) is 11.3. The van der Waals surface area contributed by atoms with E-state index in [-0.39, 0.29) is 0 Å². The number of ether oxygens (including phenoxy) is 2. The molecule has 0 aliphatic carbocycles. The molecule has 0 N–H and O–H groups in total. The van der Waals surface area contributed by atoms with Crippen LogP contribution >= 0.6 is 0 Å². The van der Waals surface area contributed by atoms with Crippen LogP contribution < -0.4 is 9.47 Å². The highest BCUT2D eigenvalue weighted by Gasteiger charge is 2.12. The van der Waals surface area contributed by atoms with Crippen molar-refractivity contribution < 1.29 is 14.0 Å². The first-order valence-corrected chi connectivity index (χ1v) is 7.32. The minimum absolute atomic E-state index is 0.542. The standard InChI is InChI=1S/C16H18N4O3/c1-21-13-7-6-12(11-14(13)22-2)16-18-15(23-19-16)5-3-9-20-10-4-8-17-20/h4,6-8,10-11H,3,5,9H2,1-2H3. The summed E-state index contributed by atoms with van der Waals surface area (Å²) in [5, 5.41) is 8.19. The largest absolute Gasteiger partial charge is 0.493 e. The molecule has 0 bridgehead atoms. The van der Waals surface area contributed by atoms with Gasteiger partial charge in [-0.05, 0) is 30.7 Å². The Morgan fingerprint density at radius 2 is 2.04 bits per heavy atom. The van der Waals surface area contributed by atoms with Gasteiger partial charge in [-0.25, -0.2) is 0 Å². The zero-order valence-corrected chi connectivity index (χ0v) is 13.1. The fraction of sp³-hybridized carbons (Fsp3) is 0.312. The smallest absolute Gasteiger partial charge is 0.227 e. The molecule has 7 nitrogen and oxygen atoms in total. The quantitative estimate of drug-likeness (QED) is 0.667. The number of hydrogen-bond acceptors (Lipinski definition) is 6. The molecule has 0 unspecified atom stereocenters. The predicted octanol–water partition coefficient (Wildman–Crippen LogP) is 2.58. The van der Waals surface area contributed by atoms with Crippen molar-refractivity contribution in [3.8, 4) is 22.9 Å². The molecule has 2 heterocycles. The summed E-state index contributed by atoms with van der Waals surface area (Å²) < 4.78 is 17.7. The Labute approximate surface area is 133 Å². The van der Waals surface area contributed by atoms with E-state index in [0.29, 0.717) is 29.6 Å². The Morgan fingerprint density at radius 3 is 2.78 bits per heavy atom. The van der Waals surface area contributed by atoms with Gasteiger partial charge in [0.1, 0.15) is 0 Å². The molecule has 0 aliphatic heterocycles. The van der Waals surface area contributed by atoms with Crippen LogP contribution in [-0.2, 0) is 13.0 Å². The van der Waals surface area contributed by atoms with E-state index in [1.165, 1.54) is 0 Å². The molecule has 3 rings (SSSR count). The summed E-state index contributed by atoms with van der Waals surface area (Å²) in [4.78, 5) is 4.43. The third-order valence-electron chi connectivity index (χ3n) is 3.45. The molecule has 1 aromatic carbocycles. The second-order valence-electron chi connectivity index (χ2n) is 4.95. The van der Waals surface area contributed by atoms with E-state index < -0.39 is 0 Å². The van der Waals surface area contributed by atoms with Crippen molar-refractivity contribution >= 4 is 0 Å². The summed E-state index contributed by atoms with van der Waals surface area (Å²) in [7, 11) is 3.20. The second-order valence-corrected chi connectivity index (χ2v) is 4.95. The lowest BCUT2D eigenvalue weighted by Gasteiger charge is -2.07. The third-order valence-corrected chi connectivity index (χ3v) is 3.45. The molecule has 0 fully saturated rings. The molecule has 7 heteroatoms. The highest BCUT2D eigenvalue weighted by molar-refractivity contribution is 5.60. The Balaban J connectivity index is 1.66. The number of methoxy groups -OCH3 is 2. The molecule has 0 atom stereocenters. The number of nitrogens with zero attached hydrogens (tertiary/aromatic N) is 4. The molecule has 2 aromatic heterocycles. The lowest BCUT2D eigenvalue weighted by atomic mass is 10.2. The van der Waals surface area contributed by atoms with Gasteiger partial charge in [0, 0.05) is 30.9 Å². The lowest BCUT2D eigenvalue weighted by molar-refractivity contribution is 0.355. The minimum atomic E-state index is 0.542. The summed E-state index contributed by atoms with van der Waals surface area (Å²) in [6.45, 7) is 0.821. The van der Waals surface area contributed by atoms with Crippen LogP contribution in [0.1, 0.15) is 12.3 Å². The Kier molecular flexibility index (Phi) is 4.56. The van der Waals surface area contributed by atoms with Gasteiger partial charge >= 0.3 is 0 Å². The molecule has 3 aromatic rings. The fourth-order valence-corrected chi connectivity index (χ4v) is 2.27. The van der Waals surface area contributed by atoms with Gasteiger partial charge in [-0.1, -0.05) is 5.16 Å². The highest BCUT2D eigenvalue weighted by Crippen LogP contribution is 2.31. The van der Waals surface area contributed by atoms with Crippen LogP contribution in [-0.4, -0.2) is 34.1 Å². The molecule has 0 spiro atoms.